The second-order valence-corrected chi connectivity index (χ2v) is 8.04. The third-order valence-corrected chi connectivity index (χ3v) is 5.82. The van der Waals surface area contributed by atoms with Gasteiger partial charge in [-0.05, 0) is 25.5 Å². The van der Waals surface area contributed by atoms with E-state index in [2.05, 4.69) is 51.3 Å². The molecule has 9 heteroatoms. The van der Waals surface area contributed by atoms with Crippen LogP contribution >= 0.6 is 24.0 Å². The van der Waals surface area contributed by atoms with Crippen LogP contribution in [0.2, 0.25) is 0 Å². The first kappa shape index (κ1) is 26.7. The first-order chi connectivity index (χ1) is 15.2. The van der Waals surface area contributed by atoms with E-state index in [0.717, 1.165) is 64.8 Å². The van der Waals surface area contributed by atoms with Crippen LogP contribution in [0.15, 0.2) is 35.3 Å². The van der Waals surface area contributed by atoms with Gasteiger partial charge >= 0.3 is 0 Å². The van der Waals surface area contributed by atoms with Crippen LogP contribution in [0, 0.1) is 5.92 Å². The van der Waals surface area contributed by atoms with Gasteiger partial charge < -0.3 is 29.5 Å². The number of anilines is 1. The highest BCUT2D eigenvalue weighted by Crippen LogP contribution is 2.17. The highest BCUT2D eigenvalue weighted by atomic mass is 127. The Bertz CT molecular complexity index is 698. The van der Waals surface area contributed by atoms with Crippen LogP contribution in [0.25, 0.3) is 0 Å². The number of ether oxygens (including phenoxy) is 2. The summed E-state index contributed by atoms with van der Waals surface area (Å²) in [5.41, 5.74) is 1.22. The monoisotopic (exact) mass is 559 g/mol. The number of likely N-dealkylation sites (tertiary alicyclic amines) is 1. The lowest BCUT2D eigenvalue weighted by Crippen LogP contribution is -2.49. The van der Waals surface area contributed by atoms with E-state index in [1.807, 2.05) is 11.0 Å². The van der Waals surface area contributed by atoms with Crippen molar-refractivity contribution in [2.45, 2.75) is 13.3 Å². The summed E-state index contributed by atoms with van der Waals surface area (Å²) in [7, 11) is 1.68. The molecule has 0 radical (unpaired) electrons. The summed E-state index contributed by atoms with van der Waals surface area (Å²) >= 11 is 0. The van der Waals surface area contributed by atoms with Gasteiger partial charge in [-0.1, -0.05) is 18.2 Å². The lowest BCUT2D eigenvalue weighted by atomic mass is 10.1. The zero-order valence-corrected chi connectivity index (χ0v) is 21.7. The zero-order valence-electron chi connectivity index (χ0n) is 19.4. The molecule has 1 amide bonds. The van der Waals surface area contributed by atoms with Gasteiger partial charge in [0.2, 0.25) is 5.91 Å². The van der Waals surface area contributed by atoms with E-state index < -0.39 is 0 Å². The maximum atomic E-state index is 12.8. The summed E-state index contributed by atoms with van der Waals surface area (Å²) in [5, 5.41) is 3.34. The SMILES string of the molecule is CCNC(=NCC(=O)N1CCN(c2ccccc2)CC1)N1CCC(COCCOC)C1.I. The van der Waals surface area contributed by atoms with E-state index in [9.17, 15) is 4.79 Å². The Morgan fingerprint density at radius 3 is 2.53 bits per heavy atom. The van der Waals surface area contributed by atoms with E-state index in [-0.39, 0.29) is 36.4 Å². The number of guanidine groups is 1. The molecular formula is C23H38IN5O3. The van der Waals surface area contributed by atoms with Crippen molar-refractivity contribution in [1.82, 2.24) is 15.1 Å². The largest absolute Gasteiger partial charge is 0.382 e. The van der Waals surface area contributed by atoms with Gasteiger partial charge in [0, 0.05) is 64.5 Å². The molecule has 0 aromatic heterocycles. The Hall–Kier alpha value is -1.59. The van der Waals surface area contributed by atoms with Crippen LogP contribution in [0.4, 0.5) is 5.69 Å². The van der Waals surface area contributed by atoms with Crippen molar-refractivity contribution in [2.75, 3.05) is 84.2 Å². The summed E-state index contributed by atoms with van der Waals surface area (Å²) in [4.78, 5) is 23.9. The number of benzene rings is 1. The van der Waals surface area contributed by atoms with Gasteiger partial charge in [-0.2, -0.15) is 0 Å². The Balaban J connectivity index is 0.00000363. The Labute approximate surface area is 209 Å². The second kappa shape index (κ2) is 14.5. The number of para-hydroxylation sites is 1. The van der Waals surface area contributed by atoms with Gasteiger partial charge in [0.15, 0.2) is 5.96 Å². The average molecular weight is 559 g/mol. The minimum atomic E-state index is 0. The van der Waals surface area contributed by atoms with Crippen LogP contribution in [-0.2, 0) is 14.3 Å². The molecule has 0 bridgehead atoms. The fourth-order valence-corrected chi connectivity index (χ4v) is 4.07. The van der Waals surface area contributed by atoms with Crippen LogP contribution in [-0.4, -0.2) is 101 Å². The minimum Gasteiger partial charge on any atom is -0.382 e. The molecule has 0 aliphatic carbocycles. The third kappa shape index (κ3) is 8.08. The van der Waals surface area contributed by atoms with Gasteiger partial charge in [-0.3, -0.25) is 4.79 Å². The number of methoxy groups -OCH3 is 1. The van der Waals surface area contributed by atoms with Crippen molar-refractivity contribution < 1.29 is 14.3 Å². The normalized spacial score (nSPS) is 19.1. The number of halogens is 1. The lowest BCUT2D eigenvalue weighted by molar-refractivity contribution is -0.129. The number of nitrogens with zero attached hydrogens (tertiary/aromatic N) is 4. The molecule has 2 saturated heterocycles. The molecule has 2 fully saturated rings. The summed E-state index contributed by atoms with van der Waals surface area (Å²) in [5.74, 6) is 1.42. The second-order valence-electron chi connectivity index (χ2n) is 8.04. The third-order valence-electron chi connectivity index (χ3n) is 5.82. The molecule has 180 valence electrons. The summed E-state index contributed by atoms with van der Waals surface area (Å²) < 4.78 is 10.7. The molecule has 2 aliphatic heterocycles. The van der Waals surface area contributed by atoms with E-state index in [0.29, 0.717) is 19.1 Å². The van der Waals surface area contributed by atoms with Gasteiger partial charge in [0.25, 0.3) is 0 Å². The van der Waals surface area contributed by atoms with Crippen LogP contribution < -0.4 is 10.2 Å². The van der Waals surface area contributed by atoms with Gasteiger partial charge in [0.1, 0.15) is 6.54 Å². The quantitative estimate of drug-likeness (QED) is 0.216. The molecule has 8 nitrogen and oxygen atoms in total. The highest BCUT2D eigenvalue weighted by Gasteiger charge is 2.26. The molecule has 0 spiro atoms. The molecule has 32 heavy (non-hydrogen) atoms. The topological polar surface area (TPSA) is 69.6 Å². The summed E-state index contributed by atoms with van der Waals surface area (Å²) in [6.45, 7) is 10.1. The van der Waals surface area contributed by atoms with Crippen LogP contribution in [0.1, 0.15) is 13.3 Å². The van der Waals surface area contributed by atoms with Crippen LogP contribution in [0.5, 0.6) is 0 Å². The first-order valence-electron chi connectivity index (χ1n) is 11.4. The molecule has 1 aromatic rings. The van der Waals surface area contributed by atoms with Crippen molar-refractivity contribution in [3.63, 3.8) is 0 Å². The Kier molecular flexibility index (Phi) is 12.1. The number of carbonyl (C=O) groups is 1. The maximum Gasteiger partial charge on any atom is 0.244 e. The minimum absolute atomic E-state index is 0. The standard InChI is InChI=1S/C23H37N5O3.HI/c1-3-24-23(28-10-9-20(18-28)19-31-16-15-30-2)25-17-22(29)27-13-11-26(12-14-27)21-7-5-4-6-8-21;/h4-8,20H,3,9-19H2,1-2H3,(H,24,25);1H. The van der Waals surface area contributed by atoms with Crippen molar-refractivity contribution in [3.8, 4) is 0 Å². The molecule has 1 unspecified atom stereocenters. The fraction of sp³-hybridized carbons (Fsp3) is 0.652. The molecule has 3 rings (SSSR count). The van der Waals surface area contributed by atoms with Crippen molar-refractivity contribution >= 4 is 41.5 Å². The lowest BCUT2D eigenvalue weighted by Gasteiger charge is -2.36. The zero-order chi connectivity index (χ0) is 21.9. The van der Waals surface area contributed by atoms with Crippen LogP contribution in [0.3, 0.4) is 0 Å². The van der Waals surface area contributed by atoms with E-state index in [1.54, 1.807) is 7.11 Å². The molecular weight excluding hydrogens is 521 g/mol. The van der Waals surface area contributed by atoms with E-state index >= 15 is 0 Å². The molecule has 2 heterocycles. The highest BCUT2D eigenvalue weighted by molar-refractivity contribution is 14.0. The fourth-order valence-electron chi connectivity index (χ4n) is 4.07. The number of aliphatic imine (C=N–C) groups is 1. The van der Waals surface area contributed by atoms with Gasteiger partial charge in [-0.15, -0.1) is 24.0 Å². The number of hydrogen-bond donors (Lipinski definition) is 1. The summed E-state index contributed by atoms with van der Waals surface area (Å²) in [6, 6.07) is 10.4. The number of rotatable bonds is 9. The van der Waals surface area contributed by atoms with Crippen molar-refractivity contribution in [1.29, 1.82) is 0 Å². The average Bonchev–Trinajstić information content (AvgIpc) is 3.29. The Morgan fingerprint density at radius 2 is 1.84 bits per heavy atom. The maximum absolute atomic E-state index is 12.8. The van der Waals surface area contributed by atoms with E-state index in [4.69, 9.17) is 9.47 Å². The Morgan fingerprint density at radius 1 is 1.09 bits per heavy atom. The summed E-state index contributed by atoms with van der Waals surface area (Å²) in [6.07, 6.45) is 1.08. The number of nitrogens with one attached hydrogen (secondary N) is 1. The smallest absolute Gasteiger partial charge is 0.244 e. The molecule has 2 aliphatic rings. The molecule has 0 saturated carbocycles. The van der Waals surface area contributed by atoms with E-state index in [1.165, 1.54) is 5.69 Å². The van der Waals surface area contributed by atoms with Gasteiger partial charge in [0.05, 0.1) is 19.8 Å². The molecule has 1 N–H and O–H groups in total. The predicted molar refractivity (Wildman–Crippen MR) is 139 cm³/mol. The van der Waals surface area contributed by atoms with Crippen molar-refractivity contribution in [3.05, 3.63) is 30.3 Å². The number of carbonyl (C=O) groups excluding carboxylic acids is 1. The number of hydrogen-bond acceptors (Lipinski definition) is 5. The molecule has 1 atom stereocenters. The number of piperazine rings is 1. The van der Waals surface area contributed by atoms with Gasteiger partial charge in [-0.25, -0.2) is 4.99 Å². The van der Waals surface area contributed by atoms with Crippen molar-refractivity contribution in [2.24, 2.45) is 10.9 Å². The first-order valence-corrected chi connectivity index (χ1v) is 11.4. The predicted octanol–water partition coefficient (Wildman–Crippen LogP) is 1.90. The number of amides is 1. The molecule has 1 aromatic carbocycles.